The molecule has 0 radical (unpaired) electrons. The zero-order valence-electron chi connectivity index (χ0n) is 15.1. The molecule has 2 aromatic heterocycles. The smallest absolute Gasteiger partial charge is 0.274 e. The molecule has 6 heteroatoms. The molecule has 3 aromatic rings. The minimum Gasteiger partial charge on any atom is -0.360 e. The number of carbonyl (C=O) groups excluding carboxylic acids is 1. The van der Waals surface area contributed by atoms with Gasteiger partial charge in [-0.2, -0.15) is 5.10 Å². The second-order valence-electron chi connectivity index (χ2n) is 7.35. The number of nitrogens with zero attached hydrogens (tertiary/aromatic N) is 3. The zero-order chi connectivity index (χ0) is 18.2. The van der Waals surface area contributed by atoms with Crippen molar-refractivity contribution in [2.24, 2.45) is 0 Å². The van der Waals surface area contributed by atoms with Crippen molar-refractivity contribution >= 4 is 5.91 Å². The van der Waals surface area contributed by atoms with E-state index in [0.29, 0.717) is 5.69 Å². The Labute approximate surface area is 157 Å². The van der Waals surface area contributed by atoms with Crippen LogP contribution in [0.25, 0.3) is 5.69 Å². The highest BCUT2D eigenvalue weighted by Crippen LogP contribution is 2.32. The van der Waals surface area contributed by atoms with Crippen LogP contribution in [0, 0.1) is 0 Å². The van der Waals surface area contributed by atoms with Crippen molar-refractivity contribution in [2.45, 2.75) is 51.0 Å². The van der Waals surface area contributed by atoms with Gasteiger partial charge in [-0.25, -0.2) is 4.68 Å². The van der Waals surface area contributed by atoms with Gasteiger partial charge in [0.25, 0.3) is 5.91 Å². The molecule has 1 atom stereocenters. The number of hydrogen-bond donors (Lipinski definition) is 1. The second-order valence-corrected chi connectivity index (χ2v) is 7.35. The van der Waals surface area contributed by atoms with Crippen molar-refractivity contribution in [3.8, 4) is 5.69 Å². The molecule has 2 aliphatic rings. The first-order chi connectivity index (χ1) is 13.3. The van der Waals surface area contributed by atoms with Crippen molar-refractivity contribution in [1.82, 2.24) is 20.3 Å². The average Bonchev–Trinajstić information content (AvgIpc) is 3.34. The fraction of sp³-hybridized carbons (Fsp3) is 0.381. The van der Waals surface area contributed by atoms with Gasteiger partial charge in [0, 0.05) is 23.2 Å². The molecule has 0 fully saturated rings. The van der Waals surface area contributed by atoms with Gasteiger partial charge in [0.2, 0.25) is 0 Å². The standard InChI is InChI=1S/C21H22N4O2/c26-21(20-15-9-4-5-12-19(15)27-24-20)23-17-10-6-11-18-16(17)13-22-25(18)14-7-2-1-3-8-14/h1-3,7-8,13,17H,4-6,9-12H2,(H,23,26). The molecule has 0 spiro atoms. The van der Waals surface area contributed by atoms with Crippen LogP contribution in [0.3, 0.4) is 0 Å². The van der Waals surface area contributed by atoms with E-state index in [9.17, 15) is 4.79 Å². The Morgan fingerprint density at radius 2 is 1.96 bits per heavy atom. The van der Waals surface area contributed by atoms with Gasteiger partial charge in [0.15, 0.2) is 5.69 Å². The van der Waals surface area contributed by atoms with E-state index < -0.39 is 0 Å². The number of amides is 1. The molecule has 1 amide bonds. The van der Waals surface area contributed by atoms with Crippen LogP contribution in [0.2, 0.25) is 0 Å². The summed E-state index contributed by atoms with van der Waals surface area (Å²) in [5.41, 5.74) is 4.80. The third-order valence-electron chi connectivity index (χ3n) is 5.65. The van der Waals surface area contributed by atoms with E-state index in [2.05, 4.69) is 27.7 Å². The molecule has 0 bridgehead atoms. The number of carbonyl (C=O) groups is 1. The predicted molar refractivity (Wildman–Crippen MR) is 99.9 cm³/mol. The first-order valence-corrected chi connectivity index (χ1v) is 9.72. The van der Waals surface area contributed by atoms with Gasteiger partial charge >= 0.3 is 0 Å². The van der Waals surface area contributed by atoms with Crippen LogP contribution in [0.5, 0.6) is 0 Å². The van der Waals surface area contributed by atoms with E-state index in [1.54, 1.807) is 0 Å². The lowest BCUT2D eigenvalue weighted by molar-refractivity contribution is 0.0922. The molecule has 27 heavy (non-hydrogen) atoms. The summed E-state index contributed by atoms with van der Waals surface area (Å²) in [6.45, 7) is 0. The number of aromatic nitrogens is 3. The van der Waals surface area contributed by atoms with E-state index in [1.165, 1.54) is 5.69 Å². The minimum absolute atomic E-state index is 0.0327. The zero-order valence-corrected chi connectivity index (χ0v) is 15.1. The van der Waals surface area contributed by atoms with Crippen LogP contribution in [-0.2, 0) is 19.3 Å². The number of nitrogens with one attached hydrogen (secondary N) is 1. The van der Waals surface area contributed by atoms with Gasteiger partial charge in [-0.3, -0.25) is 4.79 Å². The van der Waals surface area contributed by atoms with E-state index in [-0.39, 0.29) is 11.9 Å². The topological polar surface area (TPSA) is 73.0 Å². The highest BCUT2D eigenvalue weighted by molar-refractivity contribution is 5.94. The van der Waals surface area contributed by atoms with E-state index in [4.69, 9.17) is 4.52 Å². The van der Waals surface area contributed by atoms with Crippen LogP contribution in [0.1, 0.15) is 64.8 Å². The summed E-state index contributed by atoms with van der Waals surface area (Å²) in [5, 5.41) is 11.8. The van der Waals surface area contributed by atoms with Crippen LogP contribution in [0.4, 0.5) is 0 Å². The number of rotatable bonds is 3. The maximum atomic E-state index is 12.9. The average molecular weight is 362 g/mol. The fourth-order valence-electron chi connectivity index (χ4n) is 4.29. The van der Waals surface area contributed by atoms with Crippen LogP contribution >= 0.6 is 0 Å². The van der Waals surface area contributed by atoms with Crippen molar-refractivity contribution in [3.63, 3.8) is 0 Å². The summed E-state index contributed by atoms with van der Waals surface area (Å²) in [6.07, 6.45) is 8.75. The third kappa shape index (κ3) is 2.85. The van der Waals surface area contributed by atoms with Gasteiger partial charge in [0.05, 0.1) is 17.9 Å². The highest BCUT2D eigenvalue weighted by Gasteiger charge is 2.29. The Morgan fingerprint density at radius 3 is 2.85 bits per heavy atom. The van der Waals surface area contributed by atoms with Gasteiger partial charge in [-0.05, 0) is 50.7 Å². The Hall–Kier alpha value is -2.89. The number of aryl methyl sites for hydroxylation is 1. The summed E-state index contributed by atoms with van der Waals surface area (Å²) in [4.78, 5) is 12.9. The van der Waals surface area contributed by atoms with Crippen molar-refractivity contribution < 1.29 is 9.32 Å². The lowest BCUT2D eigenvalue weighted by Gasteiger charge is -2.24. The molecule has 138 valence electrons. The summed E-state index contributed by atoms with van der Waals surface area (Å²) < 4.78 is 7.39. The summed E-state index contributed by atoms with van der Waals surface area (Å²) in [7, 11) is 0. The quantitative estimate of drug-likeness (QED) is 0.773. The molecule has 5 rings (SSSR count). The monoisotopic (exact) mass is 362 g/mol. The molecule has 2 aliphatic carbocycles. The number of benzene rings is 1. The first-order valence-electron chi connectivity index (χ1n) is 9.72. The van der Waals surface area contributed by atoms with E-state index >= 15 is 0 Å². The maximum absolute atomic E-state index is 12.9. The number of fused-ring (bicyclic) bond motifs is 2. The van der Waals surface area contributed by atoms with Crippen LogP contribution in [0.15, 0.2) is 41.1 Å². The Morgan fingerprint density at radius 1 is 1.11 bits per heavy atom. The van der Waals surface area contributed by atoms with Crippen molar-refractivity contribution in [3.05, 3.63) is 64.8 Å². The Balaban J connectivity index is 1.41. The molecule has 2 heterocycles. The maximum Gasteiger partial charge on any atom is 0.274 e. The lowest BCUT2D eigenvalue weighted by Crippen LogP contribution is -2.32. The van der Waals surface area contributed by atoms with E-state index in [0.717, 1.165) is 67.5 Å². The van der Waals surface area contributed by atoms with Gasteiger partial charge in [-0.15, -0.1) is 0 Å². The summed E-state index contributed by atoms with van der Waals surface area (Å²) >= 11 is 0. The number of para-hydroxylation sites is 1. The molecule has 1 N–H and O–H groups in total. The highest BCUT2D eigenvalue weighted by atomic mass is 16.5. The summed E-state index contributed by atoms with van der Waals surface area (Å²) in [5.74, 6) is 0.750. The third-order valence-corrected chi connectivity index (χ3v) is 5.65. The molecule has 0 aliphatic heterocycles. The van der Waals surface area contributed by atoms with Crippen LogP contribution < -0.4 is 5.32 Å². The van der Waals surface area contributed by atoms with Crippen molar-refractivity contribution in [1.29, 1.82) is 0 Å². The van der Waals surface area contributed by atoms with Crippen molar-refractivity contribution in [2.75, 3.05) is 0 Å². The number of hydrogen-bond acceptors (Lipinski definition) is 4. The van der Waals surface area contributed by atoms with E-state index in [1.807, 2.05) is 29.1 Å². The molecule has 1 unspecified atom stereocenters. The normalized spacial score (nSPS) is 18.6. The minimum atomic E-state index is -0.132. The second kappa shape index (κ2) is 6.68. The SMILES string of the molecule is O=C(NC1CCCc2c1cnn2-c1ccccc1)c1noc2c1CCCC2. The predicted octanol–water partition coefficient (Wildman–Crippen LogP) is 3.55. The molecule has 0 saturated carbocycles. The van der Waals surface area contributed by atoms with Gasteiger partial charge in [0.1, 0.15) is 5.76 Å². The molecule has 6 nitrogen and oxygen atoms in total. The Bertz CT molecular complexity index is 973. The Kier molecular flexibility index (Phi) is 4.03. The molecular formula is C21H22N4O2. The van der Waals surface area contributed by atoms with Gasteiger partial charge < -0.3 is 9.84 Å². The molecule has 0 saturated heterocycles. The lowest BCUT2D eigenvalue weighted by atomic mass is 9.92. The molecule has 1 aromatic carbocycles. The fourth-order valence-corrected chi connectivity index (χ4v) is 4.29. The summed E-state index contributed by atoms with van der Waals surface area (Å²) in [6, 6.07) is 10.1. The molecular weight excluding hydrogens is 340 g/mol. The first kappa shape index (κ1) is 16.3. The van der Waals surface area contributed by atoms with Gasteiger partial charge in [-0.1, -0.05) is 23.4 Å². The van der Waals surface area contributed by atoms with Crippen LogP contribution in [-0.4, -0.2) is 20.8 Å². The largest absolute Gasteiger partial charge is 0.360 e.